The number of nitrogens with zero attached hydrogens (tertiary/aromatic N) is 2. The number of carbonyl (C=O) groups is 1. The Kier molecular flexibility index (Phi) is 8.97. The number of aliphatic hydroxyl groups excluding tert-OH is 3. The molecule has 11 nitrogen and oxygen atoms in total. The van der Waals surface area contributed by atoms with Gasteiger partial charge in [-0.1, -0.05) is 12.1 Å². The summed E-state index contributed by atoms with van der Waals surface area (Å²) in [6.07, 6.45) is -6.01. The van der Waals surface area contributed by atoms with Crippen LogP contribution in [0.1, 0.15) is 24.0 Å². The molecule has 1 aromatic heterocycles. The highest BCUT2D eigenvalue weighted by Crippen LogP contribution is 2.37. The van der Waals surface area contributed by atoms with Crippen molar-refractivity contribution < 1.29 is 44.5 Å². The molecule has 6 rings (SSSR count). The second-order valence-electron chi connectivity index (χ2n) is 11.7. The van der Waals surface area contributed by atoms with Crippen molar-refractivity contribution in [1.82, 2.24) is 9.47 Å². The van der Waals surface area contributed by atoms with Gasteiger partial charge in [-0.15, -0.1) is 0 Å². The molecule has 0 spiro atoms. The number of likely N-dealkylation sites (tertiary alicyclic amines) is 1. The third-order valence-corrected chi connectivity index (χ3v) is 8.63. The molecule has 45 heavy (non-hydrogen) atoms. The van der Waals surface area contributed by atoms with Crippen LogP contribution < -0.4 is 9.47 Å². The van der Waals surface area contributed by atoms with Crippen LogP contribution in [0.3, 0.4) is 0 Å². The Balaban J connectivity index is 1.27. The van der Waals surface area contributed by atoms with Gasteiger partial charge in [0, 0.05) is 24.0 Å². The molecule has 0 radical (unpaired) electrons. The molecule has 238 valence electrons. The Morgan fingerprint density at radius 2 is 1.60 bits per heavy atom. The van der Waals surface area contributed by atoms with Crippen LogP contribution in [0.15, 0.2) is 66.7 Å². The summed E-state index contributed by atoms with van der Waals surface area (Å²) in [7, 11) is 0. The van der Waals surface area contributed by atoms with Gasteiger partial charge < -0.3 is 44.3 Å². The number of aromatic nitrogens is 1. The Morgan fingerprint density at radius 3 is 2.29 bits per heavy atom. The summed E-state index contributed by atoms with van der Waals surface area (Å²) in [5, 5.41) is 50.8. The number of aliphatic hydroxyl groups is 3. The number of carboxylic acids is 1. The van der Waals surface area contributed by atoms with Gasteiger partial charge in [-0.3, -0.25) is 4.90 Å². The number of hydrogen-bond acceptors (Lipinski definition) is 9. The van der Waals surface area contributed by atoms with Crippen molar-refractivity contribution in [1.29, 1.82) is 0 Å². The van der Waals surface area contributed by atoms with Crippen molar-refractivity contribution in [3.63, 3.8) is 0 Å². The van der Waals surface area contributed by atoms with Gasteiger partial charge in [-0.2, -0.15) is 0 Å². The molecule has 2 aliphatic heterocycles. The first kappa shape index (κ1) is 30.9. The summed E-state index contributed by atoms with van der Waals surface area (Å²) in [5.74, 6) is -0.215. The maximum Gasteiger partial charge on any atom is 0.335 e. The van der Waals surface area contributed by atoms with Crippen molar-refractivity contribution >= 4 is 16.9 Å². The predicted octanol–water partition coefficient (Wildman–Crippen LogP) is 3.12. The molecule has 0 amide bonds. The molecule has 0 saturated carbocycles. The van der Waals surface area contributed by atoms with Crippen molar-refractivity contribution in [3.05, 3.63) is 77.9 Å². The van der Waals surface area contributed by atoms with E-state index in [1.54, 1.807) is 24.3 Å². The lowest BCUT2D eigenvalue weighted by Gasteiger charge is -2.38. The molecule has 0 aliphatic carbocycles. The van der Waals surface area contributed by atoms with Crippen molar-refractivity contribution in [2.45, 2.75) is 57.0 Å². The number of phenols is 1. The Morgan fingerprint density at radius 1 is 0.911 bits per heavy atom. The fraction of sp³-hybridized carbons (Fsp3) is 0.382. The van der Waals surface area contributed by atoms with E-state index in [1.807, 2.05) is 49.4 Å². The van der Waals surface area contributed by atoms with Crippen LogP contribution >= 0.6 is 0 Å². The molecule has 11 heteroatoms. The molecule has 2 fully saturated rings. The number of fused-ring (bicyclic) bond motifs is 1. The number of aliphatic carboxylic acids is 1. The van der Waals surface area contributed by atoms with Crippen molar-refractivity contribution in [3.8, 4) is 28.5 Å². The third-order valence-electron chi connectivity index (χ3n) is 8.63. The molecule has 5 atom stereocenters. The molecule has 5 N–H and O–H groups in total. The van der Waals surface area contributed by atoms with Crippen LogP contribution in [0.4, 0.5) is 0 Å². The standard InChI is InChI=1S/C34H38N2O9/c1-20-26-18-25(44-34-31(40)29(38)30(39)32(45-34)33(41)42)12-13-27(26)36(28(20)22-6-8-23(37)9-7-22)19-21-4-10-24(11-5-21)43-17-16-35-14-2-3-15-35/h4-13,18,29-32,34,37-40H,2-3,14-17,19H2,1H3,(H,41,42)/t29-,30-,31+,32-,34+/m0/s1. The van der Waals surface area contributed by atoms with E-state index < -0.39 is 36.7 Å². The molecule has 0 bridgehead atoms. The lowest BCUT2D eigenvalue weighted by molar-refractivity contribution is -0.271. The first-order valence-corrected chi connectivity index (χ1v) is 15.1. The van der Waals surface area contributed by atoms with E-state index in [0.717, 1.165) is 58.7 Å². The fourth-order valence-electron chi connectivity index (χ4n) is 6.19. The predicted molar refractivity (Wildman–Crippen MR) is 165 cm³/mol. The molecular weight excluding hydrogens is 580 g/mol. The van der Waals surface area contributed by atoms with E-state index in [4.69, 9.17) is 14.2 Å². The van der Waals surface area contributed by atoms with Crippen LogP contribution in [-0.4, -0.2) is 97.9 Å². The van der Waals surface area contributed by atoms with E-state index >= 15 is 0 Å². The number of rotatable bonds is 10. The maximum atomic E-state index is 11.5. The van der Waals surface area contributed by atoms with Crippen molar-refractivity contribution in [2.24, 2.45) is 0 Å². The molecule has 3 aromatic carbocycles. The lowest BCUT2D eigenvalue weighted by Crippen LogP contribution is -2.61. The number of ether oxygens (including phenoxy) is 3. The largest absolute Gasteiger partial charge is 0.508 e. The maximum absolute atomic E-state index is 11.5. The molecule has 0 unspecified atom stereocenters. The highest BCUT2D eigenvalue weighted by Gasteiger charge is 2.48. The van der Waals surface area contributed by atoms with Crippen LogP contribution in [-0.2, 0) is 16.1 Å². The highest BCUT2D eigenvalue weighted by molar-refractivity contribution is 5.92. The summed E-state index contributed by atoms with van der Waals surface area (Å²) in [5.41, 5.74) is 4.74. The second kappa shape index (κ2) is 13.1. The monoisotopic (exact) mass is 618 g/mol. The van der Waals surface area contributed by atoms with Gasteiger partial charge in [0.2, 0.25) is 6.29 Å². The van der Waals surface area contributed by atoms with Crippen molar-refractivity contribution in [2.75, 3.05) is 26.2 Å². The first-order valence-electron chi connectivity index (χ1n) is 15.1. The summed E-state index contributed by atoms with van der Waals surface area (Å²) in [4.78, 5) is 14.0. The number of phenolic OH excluding ortho intramolecular Hbond substituents is 1. The van der Waals surface area contributed by atoms with E-state index in [1.165, 1.54) is 12.8 Å². The Labute approximate surface area is 260 Å². The average molecular weight is 619 g/mol. The molecule has 2 saturated heterocycles. The van der Waals surface area contributed by atoms with Gasteiger partial charge >= 0.3 is 5.97 Å². The lowest BCUT2D eigenvalue weighted by atomic mass is 9.99. The van der Waals surface area contributed by atoms with E-state index in [2.05, 4.69) is 9.47 Å². The number of carboxylic acid groups (broad SMARTS) is 1. The normalized spacial score (nSPS) is 23.8. The molecule has 4 aromatic rings. The van der Waals surface area contributed by atoms with E-state index in [-0.39, 0.29) is 11.5 Å². The summed E-state index contributed by atoms with van der Waals surface area (Å²) in [6.45, 7) is 6.37. The Hall–Kier alpha value is -4.13. The summed E-state index contributed by atoms with van der Waals surface area (Å²) < 4.78 is 19.3. The SMILES string of the molecule is Cc1c(-c2ccc(O)cc2)n(Cc2ccc(OCCN3CCCC3)cc2)c2ccc(O[C@@H]3O[C@H](C(=O)O)[C@@H](O)[C@H](O)[C@H]3O)cc12. The van der Waals surface area contributed by atoms with Gasteiger partial charge in [0.25, 0.3) is 0 Å². The molecule has 2 aliphatic rings. The van der Waals surface area contributed by atoms with Crippen LogP contribution in [0.25, 0.3) is 22.2 Å². The van der Waals surface area contributed by atoms with Gasteiger partial charge in [-0.25, -0.2) is 4.79 Å². The number of aromatic hydroxyl groups is 1. The van der Waals surface area contributed by atoms with Gasteiger partial charge in [0.05, 0.1) is 5.69 Å². The van der Waals surface area contributed by atoms with E-state index in [9.17, 15) is 30.3 Å². The molecular formula is C34H38N2O9. The molecule has 3 heterocycles. The zero-order valence-corrected chi connectivity index (χ0v) is 25.0. The quantitative estimate of drug-likeness (QED) is 0.179. The van der Waals surface area contributed by atoms with E-state index in [0.29, 0.717) is 13.2 Å². The minimum absolute atomic E-state index is 0.160. The minimum Gasteiger partial charge on any atom is -0.508 e. The number of benzene rings is 3. The average Bonchev–Trinajstić information content (AvgIpc) is 3.65. The summed E-state index contributed by atoms with van der Waals surface area (Å²) in [6, 6.07) is 20.4. The van der Waals surface area contributed by atoms with Crippen LogP contribution in [0.2, 0.25) is 0 Å². The Bertz CT molecular complexity index is 1630. The first-order chi connectivity index (χ1) is 21.7. The number of aryl methyl sites for hydroxylation is 1. The zero-order valence-electron chi connectivity index (χ0n) is 25.0. The minimum atomic E-state index is -1.81. The third kappa shape index (κ3) is 6.49. The van der Waals surface area contributed by atoms with Crippen LogP contribution in [0.5, 0.6) is 17.2 Å². The number of hydrogen-bond donors (Lipinski definition) is 5. The topological polar surface area (TPSA) is 154 Å². The smallest absolute Gasteiger partial charge is 0.335 e. The highest BCUT2D eigenvalue weighted by atomic mass is 16.7. The van der Waals surface area contributed by atoms with Gasteiger partial charge in [-0.05, 0) is 104 Å². The fourth-order valence-corrected chi connectivity index (χ4v) is 6.19. The zero-order chi connectivity index (χ0) is 31.7. The van der Waals surface area contributed by atoms with Gasteiger partial charge in [0.1, 0.15) is 42.2 Å². The second-order valence-corrected chi connectivity index (χ2v) is 11.7. The summed E-state index contributed by atoms with van der Waals surface area (Å²) >= 11 is 0. The van der Waals surface area contributed by atoms with Gasteiger partial charge in [0.15, 0.2) is 6.10 Å². The van der Waals surface area contributed by atoms with Crippen LogP contribution in [0, 0.1) is 6.92 Å².